The largest absolute Gasteiger partial charge is 0.361 e. The summed E-state index contributed by atoms with van der Waals surface area (Å²) in [5, 5.41) is 13.6. The van der Waals surface area contributed by atoms with Gasteiger partial charge in [0, 0.05) is 30.2 Å². The topological polar surface area (TPSA) is 124 Å². The molecule has 1 heterocycles. The number of hydrogen-bond donors (Lipinski definition) is 5. The lowest BCUT2D eigenvalue weighted by Crippen LogP contribution is -2.49. The quantitative estimate of drug-likeness (QED) is 0.175. The minimum atomic E-state index is -0.408. The molecule has 0 fully saturated rings. The Balaban J connectivity index is 1.42. The van der Waals surface area contributed by atoms with Gasteiger partial charge in [0.15, 0.2) is 0 Å². The molecule has 174 valence electrons. The van der Waals surface area contributed by atoms with Gasteiger partial charge in [-0.2, -0.15) is 5.10 Å². The molecule has 6 N–H and O–H groups in total. The maximum Gasteiger partial charge on any atom is 0.239 e. The summed E-state index contributed by atoms with van der Waals surface area (Å²) in [6.07, 6.45) is 4.26. The second-order valence-corrected chi connectivity index (χ2v) is 8.30. The Hall–Kier alpha value is -3.65. The van der Waals surface area contributed by atoms with Gasteiger partial charge in [-0.25, -0.2) is 0 Å². The highest BCUT2D eigenvalue weighted by Gasteiger charge is 2.22. The highest BCUT2D eigenvalue weighted by atomic mass is 16.2. The maximum atomic E-state index is 12.7. The van der Waals surface area contributed by atoms with E-state index in [2.05, 4.69) is 32.1 Å². The minimum absolute atomic E-state index is 0.0509. The number of hydrogen-bond acceptors (Lipinski definition) is 5. The first kappa shape index (κ1) is 24.0. The SMILES string of the molecule is CC(C)C(NCc1ccc(C=NN)cc1)C(=O)NCC(=O)NCCc1c[nH]c2ccccc12. The summed E-state index contributed by atoms with van der Waals surface area (Å²) in [7, 11) is 0. The van der Waals surface area contributed by atoms with Gasteiger partial charge in [0.1, 0.15) is 0 Å². The molecule has 1 unspecified atom stereocenters. The number of nitrogens with one attached hydrogen (secondary N) is 4. The summed E-state index contributed by atoms with van der Waals surface area (Å²) in [4.78, 5) is 28.1. The second kappa shape index (κ2) is 11.8. The smallest absolute Gasteiger partial charge is 0.239 e. The Kier molecular flexibility index (Phi) is 8.60. The van der Waals surface area contributed by atoms with Crippen LogP contribution in [0.5, 0.6) is 0 Å². The van der Waals surface area contributed by atoms with Gasteiger partial charge in [-0.1, -0.05) is 56.3 Å². The van der Waals surface area contributed by atoms with Crippen LogP contribution in [-0.4, -0.2) is 42.1 Å². The van der Waals surface area contributed by atoms with Crippen LogP contribution in [0, 0.1) is 5.92 Å². The van der Waals surface area contributed by atoms with Gasteiger partial charge in [-0.05, 0) is 35.1 Å². The van der Waals surface area contributed by atoms with E-state index in [1.807, 2.05) is 62.5 Å². The molecule has 2 aromatic carbocycles. The lowest BCUT2D eigenvalue weighted by atomic mass is 10.0. The fourth-order valence-electron chi connectivity index (χ4n) is 3.68. The van der Waals surface area contributed by atoms with Crippen molar-refractivity contribution in [2.75, 3.05) is 13.1 Å². The monoisotopic (exact) mass is 448 g/mol. The average Bonchev–Trinajstić information content (AvgIpc) is 3.22. The second-order valence-electron chi connectivity index (χ2n) is 8.30. The van der Waals surface area contributed by atoms with Crippen molar-refractivity contribution >= 4 is 28.9 Å². The Morgan fingerprint density at radius 1 is 1.09 bits per heavy atom. The zero-order chi connectivity index (χ0) is 23.6. The van der Waals surface area contributed by atoms with Gasteiger partial charge in [-0.15, -0.1) is 0 Å². The van der Waals surface area contributed by atoms with Gasteiger partial charge < -0.3 is 26.8 Å². The van der Waals surface area contributed by atoms with E-state index in [9.17, 15) is 9.59 Å². The molecule has 8 heteroatoms. The molecule has 0 aliphatic heterocycles. The van der Waals surface area contributed by atoms with Crippen molar-refractivity contribution in [3.05, 3.63) is 71.4 Å². The number of aromatic nitrogens is 1. The number of amides is 2. The van der Waals surface area contributed by atoms with Crippen LogP contribution in [0.3, 0.4) is 0 Å². The van der Waals surface area contributed by atoms with Gasteiger partial charge in [0.2, 0.25) is 11.8 Å². The van der Waals surface area contributed by atoms with Gasteiger partial charge >= 0.3 is 0 Å². The first-order chi connectivity index (χ1) is 16.0. The first-order valence-electron chi connectivity index (χ1n) is 11.1. The Morgan fingerprint density at radius 3 is 2.58 bits per heavy atom. The van der Waals surface area contributed by atoms with Crippen molar-refractivity contribution in [2.45, 2.75) is 32.9 Å². The van der Waals surface area contributed by atoms with Crippen LogP contribution in [-0.2, 0) is 22.6 Å². The fourth-order valence-corrected chi connectivity index (χ4v) is 3.68. The van der Waals surface area contributed by atoms with E-state index in [1.54, 1.807) is 6.21 Å². The zero-order valence-electron chi connectivity index (χ0n) is 19.1. The molecule has 0 aliphatic rings. The summed E-state index contributed by atoms with van der Waals surface area (Å²) in [6.45, 7) is 4.93. The predicted molar refractivity (Wildman–Crippen MR) is 132 cm³/mol. The Labute approximate surface area is 194 Å². The van der Waals surface area contributed by atoms with E-state index >= 15 is 0 Å². The van der Waals surface area contributed by atoms with Crippen LogP contribution >= 0.6 is 0 Å². The van der Waals surface area contributed by atoms with Gasteiger partial charge in [0.05, 0.1) is 18.8 Å². The predicted octanol–water partition coefficient (Wildman–Crippen LogP) is 2.05. The molecule has 0 radical (unpaired) electrons. The maximum absolute atomic E-state index is 12.7. The molecular formula is C25H32N6O2. The van der Waals surface area contributed by atoms with Crippen LogP contribution in [0.1, 0.15) is 30.5 Å². The van der Waals surface area contributed by atoms with E-state index in [0.29, 0.717) is 13.1 Å². The number of rotatable bonds is 11. The summed E-state index contributed by atoms with van der Waals surface area (Å²) in [5.74, 6) is 4.84. The number of aromatic amines is 1. The molecule has 0 bridgehead atoms. The molecule has 1 atom stereocenters. The number of carbonyl (C=O) groups is 2. The van der Waals surface area contributed by atoms with Crippen molar-refractivity contribution in [1.82, 2.24) is 20.9 Å². The summed E-state index contributed by atoms with van der Waals surface area (Å²) in [5.41, 5.74) is 4.19. The van der Waals surface area contributed by atoms with Crippen LogP contribution in [0.15, 0.2) is 59.8 Å². The molecule has 8 nitrogen and oxygen atoms in total. The van der Waals surface area contributed by atoms with Crippen molar-refractivity contribution in [1.29, 1.82) is 0 Å². The van der Waals surface area contributed by atoms with E-state index in [-0.39, 0.29) is 24.3 Å². The third kappa shape index (κ3) is 6.92. The van der Waals surface area contributed by atoms with Crippen LogP contribution < -0.4 is 21.8 Å². The zero-order valence-corrected chi connectivity index (χ0v) is 19.1. The number of nitrogens with zero attached hydrogens (tertiary/aromatic N) is 1. The third-order valence-corrected chi connectivity index (χ3v) is 5.49. The number of para-hydroxylation sites is 1. The molecule has 33 heavy (non-hydrogen) atoms. The van der Waals surface area contributed by atoms with Crippen molar-refractivity contribution < 1.29 is 9.59 Å². The number of benzene rings is 2. The number of H-pyrrole nitrogens is 1. The minimum Gasteiger partial charge on any atom is -0.361 e. The summed E-state index contributed by atoms with van der Waals surface area (Å²) >= 11 is 0. The standard InChI is InChI=1S/C25H32N6O2/c1-17(2)24(29-13-18-7-9-19(10-8-18)14-31-26)25(33)30-16-23(32)27-12-11-20-15-28-22-6-4-3-5-21(20)22/h3-10,14-15,17,24,28-29H,11-13,16,26H2,1-2H3,(H,27,32)(H,30,33). The Bertz CT molecular complexity index is 1090. The number of hydrazone groups is 1. The van der Waals surface area contributed by atoms with Crippen molar-refractivity contribution in [3.8, 4) is 0 Å². The molecule has 3 aromatic rings. The molecule has 1 aromatic heterocycles. The van der Waals surface area contributed by atoms with Crippen LogP contribution in [0.2, 0.25) is 0 Å². The molecule has 2 amide bonds. The average molecular weight is 449 g/mol. The summed E-state index contributed by atoms with van der Waals surface area (Å²) in [6, 6.07) is 15.4. The van der Waals surface area contributed by atoms with Gasteiger partial charge in [-0.3, -0.25) is 9.59 Å². The van der Waals surface area contributed by atoms with E-state index in [1.165, 1.54) is 0 Å². The normalized spacial score (nSPS) is 12.3. The Morgan fingerprint density at radius 2 is 1.85 bits per heavy atom. The molecule has 3 rings (SSSR count). The van der Waals surface area contributed by atoms with E-state index in [4.69, 9.17) is 5.84 Å². The lowest BCUT2D eigenvalue weighted by Gasteiger charge is -2.22. The van der Waals surface area contributed by atoms with Crippen molar-refractivity contribution in [3.63, 3.8) is 0 Å². The van der Waals surface area contributed by atoms with E-state index in [0.717, 1.165) is 34.0 Å². The third-order valence-electron chi connectivity index (χ3n) is 5.49. The molecule has 0 saturated heterocycles. The highest BCUT2D eigenvalue weighted by Crippen LogP contribution is 2.17. The molecular weight excluding hydrogens is 416 g/mol. The lowest BCUT2D eigenvalue weighted by molar-refractivity contribution is -0.128. The molecule has 0 saturated carbocycles. The van der Waals surface area contributed by atoms with E-state index < -0.39 is 6.04 Å². The fraction of sp³-hybridized carbons (Fsp3) is 0.320. The van der Waals surface area contributed by atoms with Crippen LogP contribution in [0.4, 0.5) is 0 Å². The van der Waals surface area contributed by atoms with Crippen LogP contribution in [0.25, 0.3) is 10.9 Å². The first-order valence-corrected chi connectivity index (χ1v) is 11.1. The number of fused-ring (bicyclic) bond motifs is 1. The van der Waals surface area contributed by atoms with Gasteiger partial charge in [0.25, 0.3) is 0 Å². The molecule has 0 spiro atoms. The highest BCUT2D eigenvalue weighted by molar-refractivity contribution is 5.87. The number of nitrogens with two attached hydrogens (primary N) is 1. The number of carbonyl (C=O) groups excluding carboxylic acids is 2. The summed E-state index contributed by atoms with van der Waals surface area (Å²) < 4.78 is 0. The molecule has 0 aliphatic carbocycles. The van der Waals surface area contributed by atoms with Crippen molar-refractivity contribution in [2.24, 2.45) is 16.9 Å².